The third kappa shape index (κ3) is 6.87. The number of nitrogens with zero attached hydrogens (tertiary/aromatic N) is 1. The molecule has 2 aromatic carbocycles. The van der Waals surface area contributed by atoms with Gasteiger partial charge in [0.2, 0.25) is 0 Å². The Morgan fingerprint density at radius 1 is 1.19 bits per heavy atom. The van der Waals surface area contributed by atoms with Crippen LogP contribution in [-0.2, 0) is 9.53 Å². The number of rotatable bonds is 9. The van der Waals surface area contributed by atoms with E-state index in [4.69, 9.17) is 24.9 Å². The second kappa shape index (κ2) is 10.8. The second-order valence-electron chi connectivity index (χ2n) is 7.20. The van der Waals surface area contributed by atoms with Crippen molar-refractivity contribution in [2.24, 2.45) is 5.41 Å². The molecule has 0 bridgehead atoms. The Bertz CT molecular complexity index is 976. The van der Waals surface area contributed by atoms with Gasteiger partial charge in [0, 0.05) is 22.7 Å². The fourth-order valence-electron chi connectivity index (χ4n) is 2.86. The number of carboxylic acids is 1. The number of anilines is 1. The third-order valence-corrected chi connectivity index (χ3v) is 4.37. The highest BCUT2D eigenvalue weighted by atomic mass is 16.6. The van der Waals surface area contributed by atoms with Crippen molar-refractivity contribution in [2.45, 2.75) is 20.0 Å². The van der Waals surface area contributed by atoms with Gasteiger partial charge in [-0.25, -0.2) is 9.59 Å². The first-order chi connectivity index (χ1) is 14.8. The van der Waals surface area contributed by atoms with E-state index in [9.17, 15) is 9.59 Å². The molecular formula is C23H24N2O6. The predicted octanol–water partition coefficient (Wildman–Crippen LogP) is 3.89. The predicted molar refractivity (Wildman–Crippen MR) is 114 cm³/mol. The zero-order valence-electron chi connectivity index (χ0n) is 17.2. The molecule has 0 saturated heterocycles. The molecule has 8 heteroatoms. The van der Waals surface area contributed by atoms with Crippen LogP contribution >= 0.6 is 0 Å². The van der Waals surface area contributed by atoms with Gasteiger partial charge in [0.05, 0.1) is 18.2 Å². The molecular weight excluding hydrogens is 400 g/mol. The van der Waals surface area contributed by atoms with Crippen molar-refractivity contribution in [3.63, 3.8) is 0 Å². The quantitative estimate of drug-likeness (QED) is 0.521. The van der Waals surface area contributed by atoms with E-state index >= 15 is 0 Å². The van der Waals surface area contributed by atoms with E-state index in [-0.39, 0.29) is 13.2 Å². The first-order valence-corrected chi connectivity index (χ1v) is 9.49. The summed E-state index contributed by atoms with van der Waals surface area (Å²) in [4.78, 5) is 23.7. The molecule has 162 valence electrons. The first kappa shape index (κ1) is 23.4. The van der Waals surface area contributed by atoms with Crippen LogP contribution in [0.2, 0.25) is 0 Å². The van der Waals surface area contributed by atoms with Crippen LogP contribution in [0.3, 0.4) is 0 Å². The zero-order valence-corrected chi connectivity index (χ0v) is 17.2. The molecule has 2 rings (SSSR count). The van der Waals surface area contributed by atoms with Gasteiger partial charge in [0.25, 0.3) is 0 Å². The molecule has 0 unspecified atom stereocenters. The van der Waals surface area contributed by atoms with Gasteiger partial charge in [0.1, 0.15) is 18.5 Å². The van der Waals surface area contributed by atoms with Crippen LogP contribution in [-0.4, -0.2) is 35.5 Å². The maximum absolute atomic E-state index is 12.6. The summed E-state index contributed by atoms with van der Waals surface area (Å²) in [7, 11) is 0. The van der Waals surface area contributed by atoms with E-state index in [0.717, 1.165) is 6.08 Å². The van der Waals surface area contributed by atoms with Crippen LogP contribution in [0.1, 0.15) is 31.1 Å². The number of amides is 1. The number of hydrogen-bond donors (Lipinski definition) is 3. The molecule has 0 radical (unpaired) electrons. The summed E-state index contributed by atoms with van der Waals surface area (Å²) in [5, 5.41) is 29.6. The number of ether oxygens (including phenoxy) is 2. The number of carbonyl (C=O) groups is 2. The lowest BCUT2D eigenvalue weighted by Gasteiger charge is -2.32. The number of para-hydroxylation sites is 1. The molecule has 3 N–H and O–H groups in total. The van der Waals surface area contributed by atoms with E-state index in [0.29, 0.717) is 22.6 Å². The van der Waals surface area contributed by atoms with E-state index in [1.807, 2.05) is 6.07 Å². The molecule has 31 heavy (non-hydrogen) atoms. The molecule has 0 spiro atoms. The second-order valence-corrected chi connectivity index (χ2v) is 7.20. The summed E-state index contributed by atoms with van der Waals surface area (Å²) < 4.78 is 11.3. The van der Waals surface area contributed by atoms with E-state index in [2.05, 4.69) is 5.32 Å². The minimum Gasteiger partial charge on any atom is -0.491 e. The van der Waals surface area contributed by atoms with Crippen molar-refractivity contribution in [1.29, 1.82) is 5.26 Å². The summed E-state index contributed by atoms with van der Waals surface area (Å²) in [5.74, 6) is -0.719. The van der Waals surface area contributed by atoms with Crippen molar-refractivity contribution < 1.29 is 29.3 Å². The summed E-state index contributed by atoms with van der Waals surface area (Å²) in [6.07, 6.45) is 0.768. The molecule has 0 aliphatic heterocycles. The maximum Gasteiger partial charge on any atom is 0.412 e. The fourth-order valence-corrected chi connectivity index (χ4v) is 2.86. The zero-order chi connectivity index (χ0) is 22.9. The number of nitrogens with one attached hydrogen (secondary N) is 1. The van der Waals surface area contributed by atoms with Gasteiger partial charge >= 0.3 is 12.1 Å². The normalized spacial score (nSPS) is 12.1. The van der Waals surface area contributed by atoms with Crippen molar-refractivity contribution >= 4 is 17.7 Å². The number of benzene rings is 2. The number of aliphatic hydroxyl groups is 1. The van der Waals surface area contributed by atoms with Gasteiger partial charge in [-0.15, -0.1) is 0 Å². The molecule has 0 aromatic heterocycles. The Morgan fingerprint density at radius 3 is 2.48 bits per heavy atom. The average molecular weight is 424 g/mol. The summed E-state index contributed by atoms with van der Waals surface area (Å²) >= 11 is 0. The van der Waals surface area contributed by atoms with Gasteiger partial charge < -0.3 is 19.7 Å². The van der Waals surface area contributed by atoms with Crippen LogP contribution in [0.5, 0.6) is 5.75 Å². The van der Waals surface area contributed by atoms with Crippen molar-refractivity contribution in [2.75, 3.05) is 18.5 Å². The number of hydrogen-bond acceptors (Lipinski definition) is 6. The highest BCUT2D eigenvalue weighted by molar-refractivity contribution is 5.85. The van der Waals surface area contributed by atoms with Gasteiger partial charge in [-0.1, -0.05) is 38.1 Å². The largest absolute Gasteiger partial charge is 0.491 e. The Morgan fingerprint density at radius 2 is 1.87 bits per heavy atom. The molecule has 0 heterocycles. The smallest absolute Gasteiger partial charge is 0.412 e. The van der Waals surface area contributed by atoms with E-state index < -0.39 is 23.6 Å². The summed E-state index contributed by atoms with van der Waals surface area (Å²) in [5.41, 5.74) is 0.489. The topological polar surface area (TPSA) is 129 Å². The van der Waals surface area contributed by atoms with E-state index in [1.165, 1.54) is 6.08 Å². The lowest BCUT2D eigenvalue weighted by molar-refractivity contribution is -0.131. The SMILES string of the molecule is CC(C)(/C=C/C(=O)O)[C@@H](OC(=O)Nc1ccc(C#N)cc1)c1ccccc1OCCO. The molecule has 1 amide bonds. The molecule has 0 aliphatic carbocycles. The Labute approximate surface area is 180 Å². The number of carbonyl (C=O) groups excluding carboxylic acids is 1. The molecule has 8 nitrogen and oxygen atoms in total. The summed E-state index contributed by atoms with van der Waals surface area (Å²) in [6.45, 7) is 3.32. The van der Waals surface area contributed by atoms with Gasteiger partial charge in [-0.2, -0.15) is 5.26 Å². The Kier molecular flexibility index (Phi) is 8.17. The lowest BCUT2D eigenvalue weighted by Crippen LogP contribution is -2.28. The van der Waals surface area contributed by atoms with Crippen LogP contribution in [0.4, 0.5) is 10.5 Å². The van der Waals surface area contributed by atoms with Gasteiger partial charge in [0.15, 0.2) is 0 Å². The minimum absolute atomic E-state index is 0.0482. The van der Waals surface area contributed by atoms with Crippen LogP contribution in [0.15, 0.2) is 60.7 Å². The monoisotopic (exact) mass is 424 g/mol. The van der Waals surface area contributed by atoms with Gasteiger partial charge in [-0.05, 0) is 30.3 Å². The Hall–Kier alpha value is -3.83. The maximum atomic E-state index is 12.6. The van der Waals surface area contributed by atoms with Crippen molar-refractivity contribution in [1.82, 2.24) is 0 Å². The van der Waals surface area contributed by atoms with Crippen molar-refractivity contribution in [3.8, 4) is 11.8 Å². The number of aliphatic hydroxyl groups excluding tert-OH is 1. The standard InChI is InChI=1S/C23H24N2O6/c1-23(2,12-11-20(27)28)21(18-5-3-4-6-19(18)30-14-13-26)31-22(29)25-17-9-7-16(15-24)8-10-17/h3-12,21,26H,13-14H2,1-2H3,(H,25,29)(H,27,28)/b12-11+/t21-/m0/s1. The lowest BCUT2D eigenvalue weighted by atomic mass is 9.81. The summed E-state index contributed by atoms with van der Waals surface area (Å²) in [6, 6.07) is 15.1. The van der Waals surface area contributed by atoms with Crippen LogP contribution in [0, 0.1) is 16.7 Å². The van der Waals surface area contributed by atoms with Crippen LogP contribution in [0.25, 0.3) is 0 Å². The molecule has 0 aliphatic rings. The molecule has 2 aromatic rings. The van der Waals surface area contributed by atoms with Gasteiger partial charge in [-0.3, -0.25) is 5.32 Å². The number of aliphatic carboxylic acids is 1. The highest BCUT2D eigenvalue weighted by Gasteiger charge is 2.34. The highest BCUT2D eigenvalue weighted by Crippen LogP contribution is 2.42. The van der Waals surface area contributed by atoms with E-state index in [1.54, 1.807) is 62.4 Å². The molecule has 0 fully saturated rings. The average Bonchev–Trinajstić information content (AvgIpc) is 2.75. The van der Waals surface area contributed by atoms with Crippen molar-refractivity contribution in [3.05, 3.63) is 71.8 Å². The third-order valence-electron chi connectivity index (χ3n) is 4.37. The molecule has 0 saturated carbocycles. The first-order valence-electron chi connectivity index (χ1n) is 9.49. The Balaban J connectivity index is 2.34. The minimum atomic E-state index is -1.13. The number of carboxylic acid groups (broad SMARTS) is 1. The van der Waals surface area contributed by atoms with Crippen LogP contribution < -0.4 is 10.1 Å². The fraction of sp³-hybridized carbons (Fsp3) is 0.261. The number of nitriles is 1. The molecule has 1 atom stereocenters.